The van der Waals surface area contributed by atoms with Gasteiger partial charge in [-0.1, -0.05) is 18.2 Å². The van der Waals surface area contributed by atoms with Gasteiger partial charge in [0.25, 0.3) is 0 Å². The Balaban J connectivity index is 1.34. The molecule has 0 saturated heterocycles. The molecular formula is C20H20N4O. The zero-order valence-electron chi connectivity index (χ0n) is 14.0. The van der Waals surface area contributed by atoms with Gasteiger partial charge in [0, 0.05) is 36.2 Å². The van der Waals surface area contributed by atoms with E-state index in [-0.39, 0.29) is 11.8 Å². The summed E-state index contributed by atoms with van der Waals surface area (Å²) in [7, 11) is 1.89. The number of amides is 1. The first-order chi connectivity index (χ1) is 12.2. The van der Waals surface area contributed by atoms with E-state index < -0.39 is 0 Å². The van der Waals surface area contributed by atoms with Crippen molar-refractivity contribution < 1.29 is 4.79 Å². The van der Waals surface area contributed by atoms with Gasteiger partial charge in [-0.25, -0.2) is 0 Å². The number of nitrogens with zero attached hydrogens (tertiary/aromatic N) is 2. The Bertz CT molecular complexity index is 870. The van der Waals surface area contributed by atoms with Crippen LogP contribution in [0, 0.1) is 5.92 Å². The van der Waals surface area contributed by atoms with Crippen molar-refractivity contribution in [2.45, 2.75) is 12.3 Å². The van der Waals surface area contributed by atoms with Crippen LogP contribution >= 0.6 is 0 Å². The highest BCUT2D eigenvalue weighted by Crippen LogP contribution is 2.47. The summed E-state index contributed by atoms with van der Waals surface area (Å²) < 4.78 is 1.78. The minimum absolute atomic E-state index is 0.0475. The molecule has 5 nitrogen and oxygen atoms in total. The van der Waals surface area contributed by atoms with E-state index in [1.807, 2.05) is 74.0 Å². The zero-order chi connectivity index (χ0) is 17.2. The number of nitrogens with one attached hydrogen (secondary N) is 2. The molecule has 1 fully saturated rings. The van der Waals surface area contributed by atoms with Gasteiger partial charge in [-0.15, -0.1) is 0 Å². The molecule has 1 aliphatic carbocycles. The maximum absolute atomic E-state index is 12.4. The second-order valence-corrected chi connectivity index (χ2v) is 6.45. The van der Waals surface area contributed by atoms with Crippen molar-refractivity contribution in [2.75, 3.05) is 10.6 Å². The highest BCUT2D eigenvalue weighted by Gasteiger charge is 2.44. The van der Waals surface area contributed by atoms with Gasteiger partial charge in [-0.05, 0) is 54.3 Å². The maximum atomic E-state index is 12.4. The molecule has 0 bridgehead atoms. The summed E-state index contributed by atoms with van der Waals surface area (Å²) in [6.45, 7) is 0. The first kappa shape index (κ1) is 15.4. The lowest BCUT2D eigenvalue weighted by Crippen LogP contribution is -2.14. The van der Waals surface area contributed by atoms with Gasteiger partial charge in [0.1, 0.15) is 0 Å². The summed E-state index contributed by atoms with van der Waals surface area (Å²) in [4.78, 5) is 12.4. The van der Waals surface area contributed by atoms with E-state index in [1.165, 1.54) is 0 Å². The number of benzene rings is 2. The molecule has 126 valence electrons. The van der Waals surface area contributed by atoms with Crippen LogP contribution in [0.4, 0.5) is 17.1 Å². The standard InChI is InChI=1S/C20H20N4O/c1-24-13-14(12-21-24)18-11-19(18)20(25)23-17-9-7-16(8-10-17)22-15-5-3-2-4-6-15/h2-10,12-13,18-19,22H,11H2,1H3,(H,23,25)/t18-,19+/m0/s1. The number of hydrogen-bond acceptors (Lipinski definition) is 3. The molecular weight excluding hydrogens is 312 g/mol. The Labute approximate surface area is 146 Å². The van der Waals surface area contributed by atoms with E-state index in [4.69, 9.17) is 0 Å². The Kier molecular flexibility index (Phi) is 3.98. The minimum Gasteiger partial charge on any atom is -0.356 e. The van der Waals surface area contributed by atoms with E-state index in [0.29, 0.717) is 5.92 Å². The number of para-hydroxylation sites is 1. The molecule has 0 radical (unpaired) electrons. The summed E-state index contributed by atoms with van der Waals surface area (Å²) in [6, 6.07) is 17.8. The molecule has 2 atom stereocenters. The van der Waals surface area contributed by atoms with Crippen molar-refractivity contribution in [1.82, 2.24) is 9.78 Å². The number of carbonyl (C=O) groups excluding carboxylic acids is 1. The summed E-state index contributed by atoms with van der Waals surface area (Å²) in [5.74, 6) is 0.427. The molecule has 0 spiro atoms. The second-order valence-electron chi connectivity index (χ2n) is 6.45. The average Bonchev–Trinajstić information content (AvgIpc) is 3.32. The quantitative estimate of drug-likeness (QED) is 0.745. The summed E-state index contributed by atoms with van der Waals surface area (Å²) in [5.41, 5.74) is 3.99. The van der Waals surface area contributed by atoms with Crippen LogP contribution < -0.4 is 10.6 Å². The molecule has 2 N–H and O–H groups in total. The normalized spacial score (nSPS) is 18.6. The van der Waals surface area contributed by atoms with Crippen LogP contribution in [0.5, 0.6) is 0 Å². The van der Waals surface area contributed by atoms with E-state index in [0.717, 1.165) is 29.0 Å². The van der Waals surface area contributed by atoms with Gasteiger partial charge >= 0.3 is 0 Å². The van der Waals surface area contributed by atoms with Crippen LogP contribution in [0.15, 0.2) is 67.0 Å². The van der Waals surface area contributed by atoms with Gasteiger partial charge < -0.3 is 10.6 Å². The van der Waals surface area contributed by atoms with Crippen LogP contribution in [0.3, 0.4) is 0 Å². The molecule has 0 unspecified atom stereocenters. The highest BCUT2D eigenvalue weighted by molar-refractivity contribution is 5.95. The van der Waals surface area contributed by atoms with Gasteiger partial charge in [-0.2, -0.15) is 5.10 Å². The van der Waals surface area contributed by atoms with E-state index in [9.17, 15) is 4.79 Å². The lowest BCUT2D eigenvalue weighted by Gasteiger charge is -2.08. The molecule has 0 aliphatic heterocycles. The van der Waals surface area contributed by atoms with Gasteiger partial charge in [0.15, 0.2) is 0 Å². The fourth-order valence-corrected chi connectivity index (χ4v) is 3.04. The highest BCUT2D eigenvalue weighted by atomic mass is 16.2. The van der Waals surface area contributed by atoms with Crippen LogP contribution in [-0.4, -0.2) is 15.7 Å². The van der Waals surface area contributed by atoms with Crippen molar-refractivity contribution >= 4 is 23.0 Å². The summed E-state index contributed by atoms with van der Waals surface area (Å²) in [5, 5.41) is 10.5. The molecule has 2 aromatic carbocycles. The zero-order valence-corrected chi connectivity index (χ0v) is 14.0. The van der Waals surface area contributed by atoms with Crippen LogP contribution in [0.25, 0.3) is 0 Å². The van der Waals surface area contributed by atoms with Gasteiger partial charge in [0.05, 0.1) is 6.20 Å². The lowest BCUT2D eigenvalue weighted by atomic mass is 10.2. The van der Waals surface area contributed by atoms with Crippen molar-refractivity contribution in [3.63, 3.8) is 0 Å². The summed E-state index contributed by atoms with van der Waals surface area (Å²) >= 11 is 0. The summed E-state index contributed by atoms with van der Waals surface area (Å²) in [6.07, 6.45) is 4.73. The largest absolute Gasteiger partial charge is 0.356 e. The van der Waals surface area contributed by atoms with Crippen molar-refractivity contribution in [1.29, 1.82) is 0 Å². The van der Waals surface area contributed by atoms with Crippen LogP contribution in [-0.2, 0) is 11.8 Å². The number of aromatic nitrogens is 2. The number of carbonyl (C=O) groups is 1. The van der Waals surface area contributed by atoms with Gasteiger partial charge in [-0.3, -0.25) is 9.48 Å². The van der Waals surface area contributed by atoms with E-state index >= 15 is 0 Å². The maximum Gasteiger partial charge on any atom is 0.228 e. The van der Waals surface area contributed by atoms with E-state index in [2.05, 4.69) is 15.7 Å². The number of anilines is 3. The topological polar surface area (TPSA) is 59.0 Å². The first-order valence-electron chi connectivity index (χ1n) is 8.40. The molecule has 5 heteroatoms. The smallest absolute Gasteiger partial charge is 0.228 e. The fourth-order valence-electron chi connectivity index (χ4n) is 3.04. The molecule has 25 heavy (non-hydrogen) atoms. The van der Waals surface area contributed by atoms with Crippen LogP contribution in [0.2, 0.25) is 0 Å². The van der Waals surface area contributed by atoms with Crippen molar-refractivity contribution in [3.8, 4) is 0 Å². The minimum atomic E-state index is 0.0475. The third-order valence-corrected chi connectivity index (χ3v) is 4.50. The SMILES string of the molecule is Cn1cc([C@@H]2C[C@H]2C(=O)Nc2ccc(Nc3ccccc3)cc2)cn1. The molecule has 1 aromatic heterocycles. The Hall–Kier alpha value is -3.08. The molecule has 3 aromatic rings. The first-order valence-corrected chi connectivity index (χ1v) is 8.40. The average molecular weight is 332 g/mol. The Morgan fingerprint density at radius 3 is 2.40 bits per heavy atom. The van der Waals surface area contributed by atoms with Crippen LogP contribution in [0.1, 0.15) is 17.9 Å². The molecule has 1 aliphatic rings. The molecule has 1 heterocycles. The fraction of sp³-hybridized carbons (Fsp3) is 0.200. The Morgan fingerprint density at radius 2 is 1.72 bits per heavy atom. The molecule has 1 saturated carbocycles. The monoisotopic (exact) mass is 332 g/mol. The predicted molar refractivity (Wildman–Crippen MR) is 98.9 cm³/mol. The second kappa shape index (κ2) is 6.43. The number of aryl methyl sites for hydroxylation is 1. The third-order valence-electron chi connectivity index (χ3n) is 4.50. The van der Waals surface area contributed by atoms with E-state index in [1.54, 1.807) is 4.68 Å². The Morgan fingerprint density at radius 1 is 1.04 bits per heavy atom. The molecule has 4 rings (SSSR count). The lowest BCUT2D eigenvalue weighted by molar-refractivity contribution is -0.117. The molecule has 1 amide bonds. The van der Waals surface area contributed by atoms with Crippen molar-refractivity contribution in [3.05, 3.63) is 72.6 Å². The third kappa shape index (κ3) is 3.55. The van der Waals surface area contributed by atoms with Gasteiger partial charge in [0.2, 0.25) is 5.91 Å². The number of rotatable bonds is 5. The number of hydrogen-bond donors (Lipinski definition) is 2. The predicted octanol–water partition coefficient (Wildman–Crippen LogP) is 3.91. The van der Waals surface area contributed by atoms with Crippen molar-refractivity contribution in [2.24, 2.45) is 13.0 Å².